The molecule has 3 nitrogen and oxygen atoms in total. The fraction of sp³-hybridized carbons (Fsp3) is 0. The van der Waals surface area contributed by atoms with Crippen molar-refractivity contribution in [2.45, 2.75) is 0 Å². The lowest BCUT2D eigenvalue weighted by molar-refractivity contribution is -0.115. The fourth-order valence-corrected chi connectivity index (χ4v) is 3.16. The van der Waals surface area contributed by atoms with Crippen LogP contribution in [0.25, 0.3) is 6.08 Å². The SMILES string of the molecule is O=C1NC(=Nc2ccc(Cl)cc2Cl)SC1=Cc1ccc(F)cc1. The Kier molecular flexibility index (Phi) is 4.71. The maximum atomic E-state index is 12.9. The van der Waals surface area contributed by atoms with Crippen LogP contribution in [-0.2, 0) is 4.79 Å². The van der Waals surface area contributed by atoms with Crippen LogP contribution in [0, 0.1) is 5.82 Å². The molecule has 0 saturated carbocycles. The van der Waals surface area contributed by atoms with Gasteiger partial charge in [-0.05, 0) is 53.7 Å². The number of hydrogen-bond acceptors (Lipinski definition) is 3. The Hall–Kier alpha value is -1.82. The topological polar surface area (TPSA) is 41.5 Å². The first kappa shape index (κ1) is 16.1. The average molecular weight is 367 g/mol. The lowest BCUT2D eigenvalue weighted by Gasteiger charge is -1.99. The summed E-state index contributed by atoms with van der Waals surface area (Å²) in [5.41, 5.74) is 1.25. The van der Waals surface area contributed by atoms with Gasteiger partial charge in [-0.1, -0.05) is 35.3 Å². The number of rotatable bonds is 2. The minimum atomic E-state index is -0.324. The number of thioether (sulfide) groups is 1. The predicted molar refractivity (Wildman–Crippen MR) is 93.7 cm³/mol. The Morgan fingerprint density at radius 2 is 1.87 bits per heavy atom. The van der Waals surface area contributed by atoms with Crippen LogP contribution in [0.5, 0.6) is 0 Å². The van der Waals surface area contributed by atoms with E-state index in [1.54, 1.807) is 36.4 Å². The van der Waals surface area contributed by atoms with E-state index in [0.29, 0.717) is 25.8 Å². The normalized spacial score (nSPS) is 17.8. The highest BCUT2D eigenvalue weighted by Crippen LogP contribution is 2.32. The number of halogens is 3. The Morgan fingerprint density at radius 3 is 2.57 bits per heavy atom. The van der Waals surface area contributed by atoms with Gasteiger partial charge in [-0.3, -0.25) is 4.79 Å². The van der Waals surface area contributed by atoms with Crippen LogP contribution < -0.4 is 5.32 Å². The summed E-state index contributed by atoms with van der Waals surface area (Å²) in [4.78, 5) is 16.8. The number of carbonyl (C=O) groups excluding carboxylic acids is 1. The molecular weight excluding hydrogens is 358 g/mol. The quantitative estimate of drug-likeness (QED) is 0.757. The zero-order valence-corrected chi connectivity index (χ0v) is 13.8. The highest BCUT2D eigenvalue weighted by Gasteiger charge is 2.24. The van der Waals surface area contributed by atoms with Gasteiger partial charge in [0.05, 0.1) is 15.6 Å². The van der Waals surface area contributed by atoms with Crippen LogP contribution in [0.3, 0.4) is 0 Å². The van der Waals surface area contributed by atoms with Gasteiger partial charge in [0, 0.05) is 5.02 Å². The van der Waals surface area contributed by atoms with Crippen molar-refractivity contribution in [3.63, 3.8) is 0 Å². The van der Waals surface area contributed by atoms with Crippen molar-refractivity contribution < 1.29 is 9.18 Å². The van der Waals surface area contributed by atoms with E-state index in [0.717, 1.165) is 5.56 Å². The molecule has 1 heterocycles. The number of nitrogens with zero attached hydrogens (tertiary/aromatic N) is 1. The molecule has 1 fully saturated rings. The van der Waals surface area contributed by atoms with Crippen LogP contribution >= 0.6 is 35.0 Å². The molecule has 1 aliphatic heterocycles. The first-order valence-electron chi connectivity index (χ1n) is 6.51. The number of benzene rings is 2. The monoisotopic (exact) mass is 366 g/mol. The van der Waals surface area contributed by atoms with Gasteiger partial charge in [-0.25, -0.2) is 9.38 Å². The first-order chi connectivity index (χ1) is 11.0. The molecule has 2 aromatic rings. The Labute approximate surface area is 146 Å². The standard InChI is InChI=1S/C16H9Cl2FN2OS/c17-10-3-6-13(12(18)8-10)20-16-21-15(22)14(23-16)7-9-1-4-11(19)5-2-9/h1-8H,(H,20,21,22). The summed E-state index contributed by atoms with van der Waals surface area (Å²) in [5.74, 6) is -0.585. The van der Waals surface area contributed by atoms with Crippen molar-refractivity contribution in [2.75, 3.05) is 0 Å². The fourth-order valence-electron chi connectivity index (χ4n) is 1.87. The predicted octanol–water partition coefficient (Wildman–Crippen LogP) is 5.02. The molecule has 1 amide bonds. The Morgan fingerprint density at radius 1 is 1.13 bits per heavy atom. The van der Waals surface area contributed by atoms with Crippen LogP contribution in [0.2, 0.25) is 10.0 Å². The van der Waals surface area contributed by atoms with Crippen LogP contribution in [0.15, 0.2) is 52.4 Å². The van der Waals surface area contributed by atoms with Gasteiger partial charge in [-0.2, -0.15) is 0 Å². The molecule has 116 valence electrons. The van der Waals surface area contributed by atoms with E-state index < -0.39 is 0 Å². The third-order valence-corrected chi connectivity index (χ3v) is 4.40. The molecule has 2 aromatic carbocycles. The highest BCUT2D eigenvalue weighted by molar-refractivity contribution is 8.18. The number of nitrogens with one attached hydrogen (secondary N) is 1. The number of carbonyl (C=O) groups is 1. The molecule has 0 spiro atoms. The van der Waals surface area contributed by atoms with Gasteiger partial charge < -0.3 is 5.32 Å². The van der Waals surface area contributed by atoms with E-state index in [9.17, 15) is 9.18 Å². The minimum Gasteiger partial charge on any atom is -0.300 e. The molecule has 0 aromatic heterocycles. The molecule has 0 radical (unpaired) electrons. The summed E-state index contributed by atoms with van der Waals surface area (Å²) in [6.07, 6.45) is 1.67. The smallest absolute Gasteiger partial charge is 0.264 e. The Bertz CT molecular complexity index is 834. The molecule has 0 unspecified atom stereocenters. The van der Waals surface area contributed by atoms with Crippen molar-refractivity contribution in [2.24, 2.45) is 4.99 Å². The number of hydrogen-bond donors (Lipinski definition) is 1. The molecule has 1 aliphatic rings. The largest absolute Gasteiger partial charge is 0.300 e. The van der Waals surface area contributed by atoms with Crippen molar-refractivity contribution in [3.05, 3.63) is 68.8 Å². The maximum absolute atomic E-state index is 12.9. The second kappa shape index (κ2) is 6.74. The summed E-state index contributed by atoms with van der Waals surface area (Å²) in [6, 6.07) is 10.8. The third-order valence-electron chi connectivity index (χ3n) is 2.95. The first-order valence-corrected chi connectivity index (χ1v) is 8.09. The molecule has 0 aliphatic carbocycles. The molecule has 23 heavy (non-hydrogen) atoms. The zero-order valence-electron chi connectivity index (χ0n) is 11.5. The highest BCUT2D eigenvalue weighted by atomic mass is 35.5. The molecule has 0 atom stereocenters. The van der Waals surface area contributed by atoms with E-state index in [1.807, 2.05) is 0 Å². The van der Waals surface area contributed by atoms with Crippen LogP contribution in [0.1, 0.15) is 5.56 Å². The lowest BCUT2D eigenvalue weighted by Crippen LogP contribution is -2.19. The molecule has 7 heteroatoms. The molecule has 0 bridgehead atoms. The zero-order chi connectivity index (χ0) is 16.4. The summed E-state index contributed by atoms with van der Waals surface area (Å²) < 4.78 is 12.9. The summed E-state index contributed by atoms with van der Waals surface area (Å²) in [7, 11) is 0. The lowest BCUT2D eigenvalue weighted by atomic mass is 10.2. The molecular formula is C16H9Cl2FN2OS. The van der Waals surface area contributed by atoms with E-state index >= 15 is 0 Å². The van der Waals surface area contributed by atoms with Gasteiger partial charge in [0.25, 0.3) is 5.91 Å². The van der Waals surface area contributed by atoms with E-state index in [-0.39, 0.29) is 11.7 Å². The van der Waals surface area contributed by atoms with Gasteiger partial charge in [-0.15, -0.1) is 0 Å². The molecule has 1 saturated heterocycles. The van der Waals surface area contributed by atoms with Crippen molar-refractivity contribution in [3.8, 4) is 0 Å². The van der Waals surface area contributed by atoms with Gasteiger partial charge in [0.15, 0.2) is 5.17 Å². The number of amidine groups is 1. The van der Waals surface area contributed by atoms with E-state index in [4.69, 9.17) is 23.2 Å². The third kappa shape index (κ3) is 3.93. The van der Waals surface area contributed by atoms with Gasteiger partial charge in [0.2, 0.25) is 0 Å². The maximum Gasteiger partial charge on any atom is 0.264 e. The molecule has 1 N–H and O–H groups in total. The van der Waals surface area contributed by atoms with Crippen LogP contribution in [-0.4, -0.2) is 11.1 Å². The van der Waals surface area contributed by atoms with Gasteiger partial charge in [0.1, 0.15) is 5.82 Å². The van der Waals surface area contributed by atoms with E-state index in [2.05, 4.69) is 10.3 Å². The second-order valence-corrected chi connectivity index (χ2v) is 6.50. The van der Waals surface area contributed by atoms with Crippen molar-refractivity contribution in [1.82, 2.24) is 5.32 Å². The Balaban J connectivity index is 1.84. The minimum absolute atomic E-state index is 0.261. The number of amides is 1. The average Bonchev–Trinajstić information content (AvgIpc) is 2.84. The van der Waals surface area contributed by atoms with Crippen LogP contribution in [0.4, 0.5) is 10.1 Å². The summed E-state index contributed by atoms with van der Waals surface area (Å²) >= 11 is 13.1. The van der Waals surface area contributed by atoms with Crippen molar-refractivity contribution >= 4 is 57.8 Å². The molecule has 3 rings (SSSR count). The number of aliphatic imine (C=N–C) groups is 1. The second-order valence-electron chi connectivity index (χ2n) is 4.63. The van der Waals surface area contributed by atoms with E-state index in [1.165, 1.54) is 23.9 Å². The van der Waals surface area contributed by atoms with Crippen molar-refractivity contribution in [1.29, 1.82) is 0 Å². The summed E-state index contributed by atoms with van der Waals surface area (Å²) in [6.45, 7) is 0. The summed E-state index contributed by atoms with van der Waals surface area (Å²) in [5, 5.41) is 4.00. The van der Waals surface area contributed by atoms with Gasteiger partial charge >= 0.3 is 0 Å².